The fourth-order valence-corrected chi connectivity index (χ4v) is 2.87. The molecule has 2 heterocycles. The van der Waals surface area contributed by atoms with E-state index in [0.717, 1.165) is 43.7 Å². The number of aldehydes is 1. The van der Waals surface area contributed by atoms with Crippen LogP contribution >= 0.6 is 0 Å². The van der Waals surface area contributed by atoms with Gasteiger partial charge in [-0.3, -0.25) is 4.90 Å². The number of piperazine rings is 1. The molecule has 0 spiro atoms. The van der Waals surface area contributed by atoms with Gasteiger partial charge in [0.1, 0.15) is 6.29 Å². The zero-order valence-electron chi connectivity index (χ0n) is 16.9. The summed E-state index contributed by atoms with van der Waals surface area (Å²) in [6, 6.07) is -0.688. The molecule has 0 aliphatic carbocycles. The van der Waals surface area contributed by atoms with E-state index in [4.69, 9.17) is 0 Å². The van der Waals surface area contributed by atoms with Crippen LogP contribution in [0.15, 0.2) is 36.1 Å². The molecule has 0 amide bonds. The van der Waals surface area contributed by atoms with Gasteiger partial charge in [-0.15, -0.1) is 0 Å². The molecule has 2 aliphatic rings. The molecule has 0 N–H and O–H groups in total. The lowest BCUT2D eigenvalue weighted by Crippen LogP contribution is -2.44. The van der Waals surface area contributed by atoms with Gasteiger partial charge in [0.05, 0.1) is 12.6 Å². The number of nitrogens with zero attached hydrogens (tertiary/aromatic N) is 3. The third-order valence-corrected chi connectivity index (χ3v) is 4.48. The molecule has 0 aromatic heterocycles. The Bertz CT molecular complexity index is 470. The van der Waals surface area contributed by atoms with Crippen LogP contribution in [-0.4, -0.2) is 80.3 Å². The number of likely N-dealkylation sites (N-methyl/N-ethyl adjacent to an activating group) is 2. The van der Waals surface area contributed by atoms with Gasteiger partial charge >= 0.3 is 0 Å². The first kappa shape index (κ1) is 24.5. The monoisotopic (exact) mass is 371 g/mol. The number of likely N-dealkylation sites (tertiary alicyclic amines) is 1. The summed E-state index contributed by atoms with van der Waals surface area (Å²) in [7, 11) is 3.81. The molecular formula is C20H35F2N3O. The van der Waals surface area contributed by atoms with Crippen molar-refractivity contribution in [1.82, 2.24) is 14.7 Å². The molecule has 4 nitrogen and oxygen atoms in total. The van der Waals surface area contributed by atoms with Crippen molar-refractivity contribution in [3.8, 4) is 0 Å². The second kappa shape index (κ2) is 13.6. The number of halogens is 2. The van der Waals surface area contributed by atoms with E-state index in [9.17, 15) is 13.6 Å². The minimum Gasteiger partial charge on any atom is -0.365 e. The molecule has 2 fully saturated rings. The van der Waals surface area contributed by atoms with E-state index in [1.807, 2.05) is 26.8 Å². The Morgan fingerprint density at radius 1 is 1.19 bits per heavy atom. The lowest BCUT2D eigenvalue weighted by Gasteiger charge is -2.30. The average Bonchev–Trinajstić information content (AvgIpc) is 2.96. The van der Waals surface area contributed by atoms with E-state index in [0.29, 0.717) is 13.0 Å². The summed E-state index contributed by atoms with van der Waals surface area (Å²) in [6.07, 6.45) is 4.38. The van der Waals surface area contributed by atoms with Gasteiger partial charge in [0.15, 0.2) is 0 Å². The van der Waals surface area contributed by atoms with Crippen molar-refractivity contribution in [1.29, 1.82) is 0 Å². The van der Waals surface area contributed by atoms with Crippen LogP contribution in [-0.2, 0) is 4.79 Å². The van der Waals surface area contributed by atoms with Crippen molar-refractivity contribution in [3.63, 3.8) is 0 Å². The van der Waals surface area contributed by atoms with Crippen LogP contribution in [0.5, 0.6) is 0 Å². The zero-order valence-corrected chi connectivity index (χ0v) is 16.9. The van der Waals surface area contributed by atoms with Gasteiger partial charge in [-0.1, -0.05) is 32.6 Å². The van der Waals surface area contributed by atoms with Crippen LogP contribution in [0.3, 0.4) is 0 Å². The summed E-state index contributed by atoms with van der Waals surface area (Å²) in [6.45, 7) is 14.3. The molecule has 0 saturated carbocycles. The average molecular weight is 372 g/mol. The Morgan fingerprint density at radius 3 is 2.19 bits per heavy atom. The molecule has 2 saturated heterocycles. The zero-order chi connectivity index (χ0) is 20.1. The van der Waals surface area contributed by atoms with Crippen LogP contribution in [0.25, 0.3) is 0 Å². The van der Waals surface area contributed by atoms with E-state index < -0.39 is 12.5 Å². The Balaban J connectivity index is 0.000000458. The smallest absolute Gasteiger partial charge is 0.258 e. The minimum atomic E-state index is -2.30. The van der Waals surface area contributed by atoms with Crippen LogP contribution in [0.2, 0.25) is 0 Å². The highest BCUT2D eigenvalue weighted by atomic mass is 19.3. The number of carbonyl (C=O) groups excluding carboxylic acids is 1. The van der Waals surface area contributed by atoms with Crippen molar-refractivity contribution in [2.75, 3.05) is 46.8 Å². The van der Waals surface area contributed by atoms with Crippen molar-refractivity contribution < 1.29 is 13.6 Å². The van der Waals surface area contributed by atoms with Crippen LogP contribution < -0.4 is 0 Å². The van der Waals surface area contributed by atoms with Crippen molar-refractivity contribution in [3.05, 3.63) is 36.1 Å². The first-order valence-electron chi connectivity index (χ1n) is 9.28. The fraction of sp³-hybridized carbons (Fsp3) is 0.650. The van der Waals surface area contributed by atoms with E-state index in [1.54, 1.807) is 24.1 Å². The van der Waals surface area contributed by atoms with Gasteiger partial charge in [-0.05, 0) is 32.0 Å². The van der Waals surface area contributed by atoms with Crippen molar-refractivity contribution in [2.24, 2.45) is 0 Å². The van der Waals surface area contributed by atoms with Crippen molar-refractivity contribution >= 4 is 6.29 Å². The molecule has 6 heteroatoms. The quantitative estimate of drug-likeness (QED) is 0.708. The predicted molar refractivity (Wildman–Crippen MR) is 106 cm³/mol. The molecule has 1 atom stereocenters. The lowest BCUT2D eigenvalue weighted by molar-refractivity contribution is -0.109. The van der Waals surface area contributed by atoms with E-state index in [2.05, 4.69) is 23.4 Å². The highest BCUT2D eigenvalue weighted by Gasteiger charge is 2.34. The third-order valence-electron chi connectivity index (χ3n) is 4.48. The summed E-state index contributed by atoms with van der Waals surface area (Å²) < 4.78 is 25.2. The van der Waals surface area contributed by atoms with Crippen LogP contribution in [0.4, 0.5) is 8.78 Å². The predicted octanol–water partition coefficient (Wildman–Crippen LogP) is 3.43. The topological polar surface area (TPSA) is 26.8 Å². The number of carbonyl (C=O) groups is 1. The fourth-order valence-electron chi connectivity index (χ4n) is 2.87. The minimum absolute atomic E-state index is 0.421. The summed E-state index contributed by atoms with van der Waals surface area (Å²) >= 11 is 0. The van der Waals surface area contributed by atoms with Gasteiger partial charge in [0.2, 0.25) is 0 Å². The first-order valence-corrected chi connectivity index (χ1v) is 9.28. The third kappa shape index (κ3) is 7.79. The van der Waals surface area contributed by atoms with E-state index >= 15 is 0 Å². The largest absolute Gasteiger partial charge is 0.365 e. The summed E-state index contributed by atoms with van der Waals surface area (Å²) in [5.41, 5.74) is 1.82. The van der Waals surface area contributed by atoms with Crippen LogP contribution in [0.1, 0.15) is 27.2 Å². The van der Waals surface area contributed by atoms with Crippen molar-refractivity contribution in [2.45, 2.75) is 39.7 Å². The number of hydrogen-bond donors (Lipinski definition) is 0. The lowest BCUT2D eigenvalue weighted by atomic mass is 10.1. The second-order valence-corrected chi connectivity index (χ2v) is 6.09. The van der Waals surface area contributed by atoms with E-state index in [1.165, 1.54) is 0 Å². The number of rotatable bonds is 4. The van der Waals surface area contributed by atoms with Gasteiger partial charge < -0.3 is 14.6 Å². The standard InChI is InChI=1S/C11H15F2N.C7H14N2O.C2H6/c1-4-6-9-8(5-2)7-10(11(12)13)14(9)3;1-8-2-4-9(5-3-8)6-7-10;1-2/h4-6,10-11H,1,7H2,2-3H3;7H,2-6H2,1H3;1-2H3/b8-5-,9-6+;;. The first-order chi connectivity index (χ1) is 12.4. The molecule has 150 valence electrons. The molecule has 0 bridgehead atoms. The maximum absolute atomic E-state index is 12.6. The molecule has 0 radical (unpaired) electrons. The highest BCUT2D eigenvalue weighted by molar-refractivity contribution is 5.51. The Kier molecular flexibility index (Phi) is 12.8. The molecule has 2 aliphatic heterocycles. The number of hydrogen-bond acceptors (Lipinski definition) is 4. The maximum atomic E-state index is 12.6. The molecule has 2 rings (SSSR count). The van der Waals surface area contributed by atoms with Gasteiger partial charge in [-0.25, -0.2) is 8.78 Å². The highest BCUT2D eigenvalue weighted by Crippen LogP contribution is 2.34. The molecule has 0 aromatic rings. The maximum Gasteiger partial charge on any atom is 0.258 e. The van der Waals surface area contributed by atoms with E-state index in [-0.39, 0.29) is 0 Å². The Hall–Kier alpha value is -1.53. The SMILES string of the molecule is C=C/C=C1\C(=C/C)CC(C(F)F)N1C.CC.CN1CCN(CC=O)CC1. The summed E-state index contributed by atoms with van der Waals surface area (Å²) in [5, 5.41) is 0. The number of allylic oxidation sites excluding steroid dienone is 4. The number of alkyl halides is 2. The van der Waals surface area contributed by atoms with Gasteiger partial charge in [0, 0.05) is 38.9 Å². The summed E-state index contributed by atoms with van der Waals surface area (Å²) in [5.74, 6) is 0. The second-order valence-electron chi connectivity index (χ2n) is 6.09. The molecule has 0 aromatic carbocycles. The molecule has 1 unspecified atom stereocenters. The summed E-state index contributed by atoms with van der Waals surface area (Å²) in [4.78, 5) is 16.2. The normalized spacial score (nSPS) is 24.2. The molecule has 26 heavy (non-hydrogen) atoms. The Morgan fingerprint density at radius 2 is 1.77 bits per heavy atom. The van der Waals surface area contributed by atoms with Crippen LogP contribution in [0, 0.1) is 0 Å². The van der Waals surface area contributed by atoms with Gasteiger partial charge in [0.25, 0.3) is 6.43 Å². The van der Waals surface area contributed by atoms with Gasteiger partial charge in [-0.2, -0.15) is 0 Å². The Labute approximate surface area is 157 Å². The molecular weight excluding hydrogens is 336 g/mol.